The first-order valence-corrected chi connectivity index (χ1v) is 7.73. The van der Waals surface area contributed by atoms with Crippen LogP contribution < -0.4 is 4.74 Å². The van der Waals surface area contributed by atoms with Crippen molar-refractivity contribution in [1.29, 1.82) is 0 Å². The fourth-order valence-electron chi connectivity index (χ4n) is 2.69. The molecule has 6 nitrogen and oxygen atoms in total. The first-order valence-electron chi connectivity index (χ1n) is 7.73. The molecule has 1 aromatic heterocycles. The van der Waals surface area contributed by atoms with E-state index in [2.05, 4.69) is 27.0 Å². The highest BCUT2D eigenvalue weighted by Gasteiger charge is 2.29. The molecule has 23 heavy (non-hydrogen) atoms. The van der Waals surface area contributed by atoms with E-state index in [-0.39, 0.29) is 11.9 Å². The predicted molar refractivity (Wildman–Crippen MR) is 82.7 cm³/mol. The summed E-state index contributed by atoms with van der Waals surface area (Å²) in [6.45, 7) is 5.62. The SMILES string of the molecule is Cc1noc([C@H]2CN(CCOc3ccccc3F)CCN2C)n1. The zero-order valence-electron chi connectivity index (χ0n) is 13.4. The summed E-state index contributed by atoms with van der Waals surface area (Å²) < 4.78 is 24.4. The van der Waals surface area contributed by atoms with Crippen molar-refractivity contribution < 1.29 is 13.7 Å². The topological polar surface area (TPSA) is 54.6 Å². The summed E-state index contributed by atoms with van der Waals surface area (Å²) in [5, 5.41) is 3.87. The minimum Gasteiger partial charge on any atom is -0.489 e. The van der Waals surface area contributed by atoms with Crippen molar-refractivity contribution in [2.75, 3.05) is 39.8 Å². The smallest absolute Gasteiger partial charge is 0.245 e. The number of piperazine rings is 1. The molecule has 0 aliphatic carbocycles. The standard InChI is InChI=1S/C16H21FN4O2/c1-12-18-16(23-19-12)14-11-21(8-7-20(14)2)9-10-22-15-6-4-3-5-13(15)17/h3-6,14H,7-11H2,1-2H3/t14-/m1/s1. The third-order valence-corrected chi connectivity index (χ3v) is 4.06. The number of rotatable bonds is 5. The molecule has 1 saturated heterocycles. The molecule has 0 amide bonds. The van der Waals surface area contributed by atoms with Crippen molar-refractivity contribution in [1.82, 2.24) is 19.9 Å². The van der Waals surface area contributed by atoms with Gasteiger partial charge in [0.1, 0.15) is 12.6 Å². The monoisotopic (exact) mass is 320 g/mol. The Morgan fingerprint density at radius 1 is 1.35 bits per heavy atom. The van der Waals surface area contributed by atoms with E-state index in [1.54, 1.807) is 18.2 Å². The van der Waals surface area contributed by atoms with E-state index in [1.165, 1.54) is 6.07 Å². The van der Waals surface area contributed by atoms with Gasteiger partial charge in [-0.3, -0.25) is 9.80 Å². The maximum atomic E-state index is 13.5. The van der Waals surface area contributed by atoms with E-state index in [0.717, 1.165) is 26.2 Å². The molecule has 1 atom stereocenters. The summed E-state index contributed by atoms with van der Waals surface area (Å²) in [6.07, 6.45) is 0. The quantitative estimate of drug-likeness (QED) is 0.838. The van der Waals surface area contributed by atoms with Crippen LogP contribution in [0.1, 0.15) is 17.8 Å². The normalized spacial score (nSPS) is 19.9. The molecule has 0 N–H and O–H groups in total. The number of aryl methyl sites for hydroxylation is 1. The minimum absolute atomic E-state index is 0.0819. The Morgan fingerprint density at radius 2 is 2.17 bits per heavy atom. The molecule has 0 unspecified atom stereocenters. The molecule has 1 fully saturated rings. The van der Waals surface area contributed by atoms with Gasteiger partial charge in [-0.25, -0.2) is 4.39 Å². The summed E-state index contributed by atoms with van der Waals surface area (Å²) in [5.74, 6) is 1.26. The van der Waals surface area contributed by atoms with Crippen LogP contribution in [0.15, 0.2) is 28.8 Å². The Bertz CT molecular complexity index is 649. The molecular formula is C16H21FN4O2. The molecule has 3 rings (SSSR count). The van der Waals surface area contributed by atoms with Gasteiger partial charge in [0.05, 0.1) is 0 Å². The zero-order valence-corrected chi connectivity index (χ0v) is 13.4. The summed E-state index contributed by atoms with van der Waals surface area (Å²) >= 11 is 0. The van der Waals surface area contributed by atoms with Crippen LogP contribution in [-0.2, 0) is 0 Å². The number of hydrogen-bond donors (Lipinski definition) is 0. The molecule has 0 saturated carbocycles. The minimum atomic E-state index is -0.329. The second kappa shape index (κ2) is 7.06. The first-order chi connectivity index (χ1) is 11.1. The van der Waals surface area contributed by atoms with Gasteiger partial charge in [-0.15, -0.1) is 0 Å². The summed E-state index contributed by atoms with van der Waals surface area (Å²) in [7, 11) is 2.05. The second-order valence-corrected chi connectivity index (χ2v) is 5.76. The van der Waals surface area contributed by atoms with Gasteiger partial charge < -0.3 is 9.26 Å². The van der Waals surface area contributed by atoms with Gasteiger partial charge in [0.15, 0.2) is 17.4 Å². The van der Waals surface area contributed by atoms with Crippen LogP contribution in [0.5, 0.6) is 5.75 Å². The Hall–Kier alpha value is -1.99. The van der Waals surface area contributed by atoms with Gasteiger partial charge in [-0.05, 0) is 26.1 Å². The van der Waals surface area contributed by atoms with Gasteiger partial charge in [-0.1, -0.05) is 17.3 Å². The molecule has 1 aromatic carbocycles. The fraction of sp³-hybridized carbons (Fsp3) is 0.500. The van der Waals surface area contributed by atoms with Crippen LogP contribution >= 0.6 is 0 Å². The lowest BCUT2D eigenvalue weighted by molar-refractivity contribution is 0.0668. The predicted octanol–water partition coefficient (Wildman–Crippen LogP) is 1.88. The van der Waals surface area contributed by atoms with Gasteiger partial charge >= 0.3 is 0 Å². The van der Waals surface area contributed by atoms with E-state index < -0.39 is 0 Å². The van der Waals surface area contributed by atoms with Crippen LogP contribution in [0.25, 0.3) is 0 Å². The number of para-hydroxylation sites is 1. The first kappa shape index (κ1) is 15.9. The van der Waals surface area contributed by atoms with E-state index in [4.69, 9.17) is 9.26 Å². The number of hydrogen-bond acceptors (Lipinski definition) is 6. The Kier molecular flexibility index (Phi) is 4.88. The Labute approximate surface area is 134 Å². The van der Waals surface area contributed by atoms with Crippen LogP contribution in [0, 0.1) is 12.7 Å². The van der Waals surface area contributed by atoms with E-state index in [0.29, 0.717) is 24.1 Å². The Morgan fingerprint density at radius 3 is 2.91 bits per heavy atom. The van der Waals surface area contributed by atoms with E-state index >= 15 is 0 Å². The average molecular weight is 320 g/mol. The number of aromatic nitrogens is 2. The van der Waals surface area contributed by atoms with Crippen LogP contribution in [-0.4, -0.2) is 59.8 Å². The third kappa shape index (κ3) is 3.86. The molecule has 2 aromatic rings. The molecule has 1 aliphatic heterocycles. The van der Waals surface area contributed by atoms with E-state index in [1.807, 2.05) is 6.92 Å². The van der Waals surface area contributed by atoms with Crippen LogP contribution in [0.3, 0.4) is 0 Å². The van der Waals surface area contributed by atoms with Crippen molar-refractivity contribution in [2.24, 2.45) is 0 Å². The van der Waals surface area contributed by atoms with Gasteiger partial charge in [-0.2, -0.15) is 4.98 Å². The summed E-state index contributed by atoms with van der Waals surface area (Å²) in [5.41, 5.74) is 0. The second-order valence-electron chi connectivity index (χ2n) is 5.76. The maximum Gasteiger partial charge on any atom is 0.245 e. The molecule has 0 bridgehead atoms. The van der Waals surface area contributed by atoms with Crippen LogP contribution in [0.2, 0.25) is 0 Å². The van der Waals surface area contributed by atoms with Crippen molar-refractivity contribution >= 4 is 0 Å². The third-order valence-electron chi connectivity index (χ3n) is 4.06. The number of ether oxygens (including phenoxy) is 1. The number of benzene rings is 1. The fourth-order valence-corrected chi connectivity index (χ4v) is 2.69. The molecule has 1 aliphatic rings. The molecule has 7 heteroatoms. The van der Waals surface area contributed by atoms with Crippen molar-refractivity contribution in [3.05, 3.63) is 41.8 Å². The number of halogens is 1. The highest BCUT2D eigenvalue weighted by Crippen LogP contribution is 2.22. The zero-order chi connectivity index (χ0) is 16.2. The van der Waals surface area contributed by atoms with Crippen molar-refractivity contribution in [3.8, 4) is 5.75 Å². The van der Waals surface area contributed by atoms with E-state index in [9.17, 15) is 4.39 Å². The highest BCUT2D eigenvalue weighted by atomic mass is 19.1. The van der Waals surface area contributed by atoms with Crippen LogP contribution in [0.4, 0.5) is 4.39 Å². The largest absolute Gasteiger partial charge is 0.489 e. The number of nitrogens with zero attached hydrogens (tertiary/aromatic N) is 4. The lowest BCUT2D eigenvalue weighted by Crippen LogP contribution is -2.47. The molecule has 0 spiro atoms. The maximum absolute atomic E-state index is 13.5. The van der Waals surface area contributed by atoms with Gasteiger partial charge in [0.2, 0.25) is 5.89 Å². The van der Waals surface area contributed by atoms with Crippen molar-refractivity contribution in [3.63, 3.8) is 0 Å². The summed E-state index contributed by atoms with van der Waals surface area (Å²) in [4.78, 5) is 8.81. The molecular weight excluding hydrogens is 299 g/mol. The average Bonchev–Trinajstić information content (AvgIpc) is 2.97. The lowest BCUT2D eigenvalue weighted by atomic mass is 10.2. The Balaban J connectivity index is 1.54. The van der Waals surface area contributed by atoms with Gasteiger partial charge in [0.25, 0.3) is 0 Å². The molecule has 2 heterocycles. The van der Waals surface area contributed by atoms with Gasteiger partial charge in [0, 0.05) is 26.2 Å². The number of likely N-dealkylation sites (N-methyl/N-ethyl adjacent to an activating group) is 1. The highest BCUT2D eigenvalue weighted by molar-refractivity contribution is 5.23. The summed E-state index contributed by atoms with van der Waals surface area (Å²) in [6, 6.07) is 6.54. The lowest BCUT2D eigenvalue weighted by Gasteiger charge is -2.37. The molecule has 0 radical (unpaired) electrons. The molecule has 124 valence electrons. The van der Waals surface area contributed by atoms with Crippen molar-refractivity contribution in [2.45, 2.75) is 13.0 Å².